The molecule has 0 radical (unpaired) electrons. The Morgan fingerprint density at radius 3 is 2.84 bits per heavy atom. The minimum absolute atomic E-state index is 0.496. The van der Waals surface area contributed by atoms with Crippen LogP contribution in [0.5, 0.6) is 0 Å². The molecule has 0 saturated carbocycles. The van der Waals surface area contributed by atoms with E-state index in [1.807, 2.05) is 6.92 Å². The van der Waals surface area contributed by atoms with Crippen molar-refractivity contribution < 1.29 is 24.5 Å². The molecule has 2 N–H and O–H groups in total. The third-order valence-corrected chi connectivity index (χ3v) is 4.63. The molecule has 0 aromatic carbocycles. The van der Waals surface area contributed by atoms with Crippen LogP contribution >= 0.6 is 23.5 Å². The highest BCUT2D eigenvalue weighted by molar-refractivity contribution is 8.14. The maximum atomic E-state index is 11.5. The van der Waals surface area contributed by atoms with Crippen molar-refractivity contribution in [3.05, 3.63) is 0 Å². The van der Waals surface area contributed by atoms with Crippen LogP contribution in [0.4, 0.5) is 0 Å². The first-order valence-electron chi connectivity index (χ1n) is 5.76. The molecule has 0 aliphatic carbocycles. The van der Waals surface area contributed by atoms with Gasteiger partial charge in [0.1, 0.15) is 23.7 Å². The van der Waals surface area contributed by atoms with Crippen LogP contribution in [0.2, 0.25) is 0 Å². The Bertz CT molecular complexity index is 396. The number of rotatable bonds is 2. The molecule has 2 heterocycles. The van der Waals surface area contributed by atoms with Gasteiger partial charge in [-0.1, -0.05) is 11.8 Å². The third-order valence-electron chi connectivity index (χ3n) is 2.97. The van der Waals surface area contributed by atoms with E-state index in [0.717, 1.165) is 0 Å². The van der Waals surface area contributed by atoms with Gasteiger partial charge in [-0.3, -0.25) is 9.41 Å². The van der Waals surface area contributed by atoms with Crippen molar-refractivity contribution in [2.75, 3.05) is 13.7 Å². The molecular weight excluding hydrogens is 296 g/mol. The Morgan fingerprint density at radius 1 is 1.58 bits per heavy atom. The number of aliphatic hydroxyl groups is 2. The number of halogens is 1. The number of fused-ring (bicyclic) bond motifs is 1. The highest BCUT2D eigenvalue weighted by Gasteiger charge is 2.51. The van der Waals surface area contributed by atoms with Crippen molar-refractivity contribution in [2.45, 2.75) is 36.7 Å². The molecule has 5 atom stereocenters. The number of aliphatic hydroxyl groups excluding tert-OH is 2. The Balaban J connectivity index is 2.14. The Kier molecular flexibility index (Phi) is 4.57. The predicted molar refractivity (Wildman–Crippen MR) is 69.7 cm³/mol. The van der Waals surface area contributed by atoms with Crippen LogP contribution in [0.1, 0.15) is 6.92 Å². The first-order valence-corrected chi connectivity index (χ1v) is 6.98. The number of carbonyl (C=O) groups is 1. The molecule has 9 heteroatoms. The van der Waals surface area contributed by atoms with Gasteiger partial charge in [-0.25, -0.2) is 4.79 Å². The van der Waals surface area contributed by atoms with E-state index in [0.29, 0.717) is 11.7 Å². The first kappa shape index (κ1) is 14.9. The lowest BCUT2D eigenvalue weighted by Crippen LogP contribution is -2.57. The molecule has 0 aromatic rings. The molecule has 0 unspecified atom stereocenters. The molecule has 0 spiro atoms. The second kappa shape index (κ2) is 5.84. The van der Waals surface area contributed by atoms with Gasteiger partial charge >= 0.3 is 5.97 Å². The number of aliphatic imine (C=N–C) groups is 1. The number of methoxy groups -OCH3 is 1. The van der Waals surface area contributed by atoms with Gasteiger partial charge < -0.3 is 19.7 Å². The summed E-state index contributed by atoms with van der Waals surface area (Å²) < 4.78 is 11.4. The average Bonchev–Trinajstić information content (AvgIpc) is 2.85. The van der Waals surface area contributed by atoms with Crippen LogP contribution in [0.15, 0.2) is 4.99 Å². The molecule has 0 aromatic heterocycles. The fourth-order valence-corrected chi connectivity index (χ4v) is 3.24. The van der Waals surface area contributed by atoms with Gasteiger partial charge in [-0.2, -0.15) is 0 Å². The van der Waals surface area contributed by atoms with Gasteiger partial charge in [0.05, 0.1) is 7.11 Å². The number of ether oxygens (including phenoxy) is 2. The van der Waals surface area contributed by atoms with Crippen LogP contribution in [0.25, 0.3) is 0 Å². The van der Waals surface area contributed by atoms with E-state index in [4.69, 9.17) is 16.5 Å². The fourth-order valence-electron chi connectivity index (χ4n) is 1.91. The van der Waals surface area contributed by atoms with Crippen LogP contribution in [0.3, 0.4) is 0 Å². The molecule has 2 aliphatic heterocycles. The zero-order valence-electron chi connectivity index (χ0n) is 10.4. The second-order valence-corrected chi connectivity index (χ2v) is 5.60. The van der Waals surface area contributed by atoms with E-state index in [1.165, 1.54) is 23.3 Å². The molecule has 7 nitrogen and oxygen atoms in total. The van der Waals surface area contributed by atoms with Crippen molar-refractivity contribution in [2.24, 2.45) is 4.99 Å². The molecule has 2 aliphatic rings. The maximum Gasteiger partial charge on any atom is 0.337 e. The fraction of sp³-hybridized carbons (Fsp3) is 0.800. The minimum atomic E-state index is -1.37. The summed E-state index contributed by atoms with van der Waals surface area (Å²) >= 11 is 7.14. The largest absolute Gasteiger partial charge is 0.467 e. The summed E-state index contributed by atoms with van der Waals surface area (Å²) in [6.45, 7) is 2.38. The minimum Gasteiger partial charge on any atom is -0.467 e. The number of esters is 1. The lowest BCUT2D eigenvalue weighted by molar-refractivity contribution is -0.187. The van der Waals surface area contributed by atoms with Gasteiger partial charge in [0.25, 0.3) is 0 Å². The number of thioether (sulfide) groups is 1. The van der Waals surface area contributed by atoms with Crippen LogP contribution in [0, 0.1) is 0 Å². The summed E-state index contributed by atoms with van der Waals surface area (Å²) in [5.74, 6) is -0.725. The van der Waals surface area contributed by atoms with Crippen LogP contribution < -0.4 is 0 Å². The summed E-state index contributed by atoms with van der Waals surface area (Å²) in [4.78, 5) is 15.7. The van der Waals surface area contributed by atoms with E-state index in [1.54, 1.807) is 0 Å². The van der Waals surface area contributed by atoms with Crippen molar-refractivity contribution >= 4 is 34.7 Å². The summed E-state index contributed by atoms with van der Waals surface area (Å²) in [6.07, 6.45) is -3.79. The van der Waals surface area contributed by atoms with Gasteiger partial charge in [-0.15, -0.1) is 0 Å². The molecule has 0 amide bonds. The van der Waals surface area contributed by atoms with Gasteiger partial charge in [0.2, 0.25) is 0 Å². The van der Waals surface area contributed by atoms with Gasteiger partial charge in [0, 0.05) is 18.3 Å². The van der Waals surface area contributed by atoms with Crippen molar-refractivity contribution in [3.8, 4) is 0 Å². The van der Waals surface area contributed by atoms with Gasteiger partial charge in [0.15, 0.2) is 11.3 Å². The Labute approximate surface area is 119 Å². The molecule has 0 bridgehead atoms. The maximum absolute atomic E-state index is 11.5. The van der Waals surface area contributed by atoms with E-state index >= 15 is 0 Å². The normalized spacial score (nSPS) is 37.5. The molecule has 108 valence electrons. The smallest absolute Gasteiger partial charge is 0.337 e. The monoisotopic (exact) mass is 310 g/mol. The Hall–Kier alpha value is -0.540. The summed E-state index contributed by atoms with van der Waals surface area (Å²) in [7, 11) is 1.19. The van der Waals surface area contributed by atoms with Crippen molar-refractivity contribution in [1.29, 1.82) is 0 Å². The molecule has 1 saturated heterocycles. The SMILES string of the molecule is CCN(Cl)C1=N[C@@H]2[C@@H](O)[C@H](O)[C@@H](C(=O)OC)O[C@@H]2S1. The zero-order chi connectivity index (χ0) is 14.2. The quantitative estimate of drug-likeness (QED) is 0.527. The first-order chi connectivity index (χ1) is 8.99. The number of carbonyl (C=O) groups excluding carboxylic acids is 1. The standard InChI is InChI=1S/C10H15ClN2O5S/c1-3-13(11)10-12-4-5(14)6(15)7(8(16)17-2)18-9(4)19-10/h4-7,9,14-15H,3H2,1-2H3/t4-,5-,6+,7+,9-/m1/s1. The predicted octanol–water partition coefficient (Wildman–Crippen LogP) is -0.447. The third kappa shape index (κ3) is 2.68. The van der Waals surface area contributed by atoms with E-state index in [-0.39, 0.29) is 0 Å². The number of nitrogens with zero attached hydrogens (tertiary/aromatic N) is 2. The number of amidine groups is 1. The van der Waals surface area contributed by atoms with Gasteiger partial charge in [-0.05, 0) is 6.92 Å². The summed E-state index contributed by atoms with van der Waals surface area (Å²) in [5, 5.41) is 20.4. The van der Waals surface area contributed by atoms with Crippen LogP contribution in [-0.2, 0) is 14.3 Å². The van der Waals surface area contributed by atoms with E-state index in [2.05, 4.69) is 9.73 Å². The Morgan fingerprint density at radius 2 is 2.26 bits per heavy atom. The summed E-state index contributed by atoms with van der Waals surface area (Å²) in [6, 6.07) is -0.649. The highest BCUT2D eigenvalue weighted by Crippen LogP contribution is 2.38. The summed E-state index contributed by atoms with van der Waals surface area (Å²) in [5.41, 5.74) is -0.565. The second-order valence-electron chi connectivity index (χ2n) is 4.13. The number of hydrogen-bond acceptors (Lipinski definition) is 8. The van der Waals surface area contributed by atoms with Crippen molar-refractivity contribution in [1.82, 2.24) is 4.42 Å². The zero-order valence-corrected chi connectivity index (χ0v) is 12.0. The molecule has 19 heavy (non-hydrogen) atoms. The van der Waals surface area contributed by atoms with E-state index in [9.17, 15) is 15.0 Å². The van der Waals surface area contributed by atoms with Crippen LogP contribution in [-0.4, -0.2) is 69.2 Å². The molecule has 2 rings (SSSR count). The van der Waals surface area contributed by atoms with E-state index < -0.39 is 35.8 Å². The average molecular weight is 311 g/mol. The van der Waals surface area contributed by atoms with Crippen molar-refractivity contribution in [3.63, 3.8) is 0 Å². The lowest BCUT2D eigenvalue weighted by Gasteiger charge is -2.36. The number of hydrogen-bond donors (Lipinski definition) is 2. The topological polar surface area (TPSA) is 91.6 Å². The molecular formula is C10H15ClN2O5S. The lowest BCUT2D eigenvalue weighted by atomic mass is 9.98. The molecule has 1 fully saturated rings. The highest BCUT2D eigenvalue weighted by atomic mass is 35.5.